The lowest BCUT2D eigenvalue weighted by molar-refractivity contribution is 0.0746. The van der Waals surface area contributed by atoms with Gasteiger partial charge in [-0.3, -0.25) is 9.59 Å². The fourth-order valence-corrected chi connectivity index (χ4v) is 4.25. The predicted molar refractivity (Wildman–Crippen MR) is 137 cm³/mol. The third-order valence-electron chi connectivity index (χ3n) is 5.64. The lowest BCUT2D eigenvalue weighted by atomic mass is 10.1. The van der Waals surface area contributed by atoms with Crippen molar-refractivity contribution in [3.8, 4) is 5.75 Å². The zero-order valence-corrected chi connectivity index (χ0v) is 20.3. The van der Waals surface area contributed by atoms with E-state index in [0.717, 1.165) is 5.69 Å². The van der Waals surface area contributed by atoms with Crippen molar-refractivity contribution in [2.45, 2.75) is 6.92 Å². The second-order valence-electron chi connectivity index (χ2n) is 7.84. The summed E-state index contributed by atoms with van der Waals surface area (Å²) in [6.45, 7) is 4.84. The van der Waals surface area contributed by atoms with Crippen molar-refractivity contribution >= 4 is 46.4 Å². The van der Waals surface area contributed by atoms with E-state index in [1.807, 2.05) is 36.1 Å². The van der Waals surface area contributed by atoms with Crippen LogP contribution >= 0.6 is 23.2 Å². The van der Waals surface area contributed by atoms with E-state index in [9.17, 15) is 9.59 Å². The number of ether oxygens (including phenoxy) is 1. The highest BCUT2D eigenvalue weighted by Gasteiger charge is 2.24. The van der Waals surface area contributed by atoms with Gasteiger partial charge in [-0.1, -0.05) is 35.3 Å². The van der Waals surface area contributed by atoms with Crippen molar-refractivity contribution in [1.82, 2.24) is 4.90 Å². The van der Waals surface area contributed by atoms with Crippen LogP contribution in [-0.2, 0) is 0 Å². The number of para-hydroxylation sites is 2. The van der Waals surface area contributed by atoms with Crippen LogP contribution in [0, 0.1) is 0 Å². The summed E-state index contributed by atoms with van der Waals surface area (Å²) in [6.07, 6.45) is 0. The molecule has 34 heavy (non-hydrogen) atoms. The van der Waals surface area contributed by atoms with Gasteiger partial charge in [0.1, 0.15) is 5.75 Å². The summed E-state index contributed by atoms with van der Waals surface area (Å²) in [5, 5.41) is 3.99. The molecule has 8 heteroatoms. The van der Waals surface area contributed by atoms with Crippen molar-refractivity contribution in [2.75, 3.05) is 43.0 Å². The van der Waals surface area contributed by atoms with Crippen molar-refractivity contribution < 1.29 is 14.3 Å². The Morgan fingerprint density at radius 3 is 2.26 bits per heavy atom. The molecule has 3 aromatic rings. The highest BCUT2D eigenvalue weighted by atomic mass is 35.5. The minimum atomic E-state index is -0.256. The summed E-state index contributed by atoms with van der Waals surface area (Å²) in [7, 11) is 0. The SMILES string of the molecule is CCOc1ccc(C(=O)Nc2ccccc2N2CCN(C(=O)c3ccc(Cl)cc3)CC2)cc1Cl. The Balaban J connectivity index is 1.43. The molecule has 176 valence electrons. The molecule has 4 rings (SSSR count). The fourth-order valence-electron chi connectivity index (χ4n) is 3.89. The molecule has 1 N–H and O–H groups in total. The number of rotatable bonds is 6. The number of hydrogen-bond acceptors (Lipinski definition) is 4. The van der Waals surface area contributed by atoms with Gasteiger partial charge in [0.2, 0.25) is 0 Å². The molecule has 1 aliphatic rings. The molecule has 2 amide bonds. The van der Waals surface area contributed by atoms with Crippen molar-refractivity contribution in [2.24, 2.45) is 0 Å². The fraction of sp³-hybridized carbons (Fsp3) is 0.231. The van der Waals surface area contributed by atoms with Gasteiger partial charge in [-0.05, 0) is 61.5 Å². The zero-order chi connectivity index (χ0) is 24.1. The zero-order valence-electron chi connectivity index (χ0n) is 18.8. The molecule has 0 aromatic heterocycles. The summed E-state index contributed by atoms with van der Waals surface area (Å²) >= 11 is 12.2. The molecule has 0 spiro atoms. The number of piperazine rings is 1. The summed E-state index contributed by atoms with van der Waals surface area (Å²) in [4.78, 5) is 29.7. The van der Waals surface area contributed by atoms with E-state index in [2.05, 4.69) is 10.2 Å². The molecule has 1 heterocycles. The number of benzene rings is 3. The Labute approximate surface area is 209 Å². The van der Waals surface area contributed by atoms with Crippen LogP contribution in [0.4, 0.5) is 11.4 Å². The Hall–Kier alpha value is -3.22. The molecule has 0 unspecified atom stereocenters. The first-order chi connectivity index (χ1) is 16.5. The number of hydrogen-bond donors (Lipinski definition) is 1. The molecule has 0 bridgehead atoms. The van der Waals surface area contributed by atoms with Gasteiger partial charge in [0.25, 0.3) is 11.8 Å². The molecular weight excluding hydrogens is 473 g/mol. The van der Waals surface area contributed by atoms with Crippen LogP contribution in [-0.4, -0.2) is 49.5 Å². The Bertz CT molecular complexity index is 1180. The van der Waals surface area contributed by atoms with Crippen molar-refractivity contribution in [3.05, 3.63) is 87.9 Å². The molecule has 6 nitrogen and oxygen atoms in total. The molecule has 1 aliphatic heterocycles. The maximum Gasteiger partial charge on any atom is 0.255 e. The number of carbonyl (C=O) groups is 2. The van der Waals surface area contributed by atoms with Gasteiger partial charge in [0.05, 0.1) is 23.0 Å². The van der Waals surface area contributed by atoms with Crippen LogP contribution in [0.15, 0.2) is 66.7 Å². The first-order valence-electron chi connectivity index (χ1n) is 11.1. The molecule has 0 radical (unpaired) electrons. The molecule has 3 aromatic carbocycles. The second-order valence-corrected chi connectivity index (χ2v) is 8.68. The van der Waals surface area contributed by atoms with E-state index in [4.69, 9.17) is 27.9 Å². The average molecular weight is 498 g/mol. The highest BCUT2D eigenvalue weighted by molar-refractivity contribution is 6.32. The molecule has 0 aliphatic carbocycles. The van der Waals surface area contributed by atoms with Crippen molar-refractivity contribution in [1.29, 1.82) is 0 Å². The smallest absolute Gasteiger partial charge is 0.255 e. The van der Waals surface area contributed by atoms with Crippen LogP contribution in [0.2, 0.25) is 10.0 Å². The van der Waals surface area contributed by atoms with E-state index in [1.165, 1.54) is 0 Å². The second kappa shape index (κ2) is 10.8. The van der Waals surface area contributed by atoms with Crippen molar-refractivity contribution in [3.63, 3.8) is 0 Å². The van der Waals surface area contributed by atoms with Gasteiger partial charge in [-0.25, -0.2) is 0 Å². The van der Waals surface area contributed by atoms with Crippen LogP contribution in [0.5, 0.6) is 5.75 Å². The number of amides is 2. The monoisotopic (exact) mass is 497 g/mol. The van der Waals surface area contributed by atoms with Crippen LogP contribution in [0.25, 0.3) is 0 Å². The lowest BCUT2D eigenvalue weighted by Crippen LogP contribution is -2.49. The Kier molecular flexibility index (Phi) is 7.60. The number of halogens is 2. The minimum Gasteiger partial charge on any atom is -0.492 e. The first-order valence-corrected chi connectivity index (χ1v) is 11.8. The number of anilines is 2. The normalized spacial score (nSPS) is 13.5. The van der Waals surface area contributed by atoms with Gasteiger partial charge in [-0.2, -0.15) is 0 Å². The maximum atomic E-state index is 12.9. The maximum absolute atomic E-state index is 12.9. The summed E-state index contributed by atoms with van der Waals surface area (Å²) in [6, 6.07) is 19.6. The van der Waals surface area contributed by atoms with Gasteiger partial charge in [-0.15, -0.1) is 0 Å². The van der Waals surface area contributed by atoms with Gasteiger partial charge < -0.3 is 19.9 Å². The van der Waals surface area contributed by atoms with E-state index >= 15 is 0 Å². The van der Waals surface area contributed by atoms with Crippen LogP contribution in [0.3, 0.4) is 0 Å². The molecular formula is C26H25Cl2N3O3. The third kappa shape index (κ3) is 5.46. The third-order valence-corrected chi connectivity index (χ3v) is 6.19. The standard InChI is InChI=1S/C26H25Cl2N3O3/c1-2-34-24-12-9-19(17-21(24)28)25(32)29-22-5-3-4-6-23(22)30-13-15-31(16-14-30)26(33)18-7-10-20(27)11-8-18/h3-12,17H,2,13-16H2,1H3,(H,29,32). The largest absolute Gasteiger partial charge is 0.492 e. The summed E-state index contributed by atoms with van der Waals surface area (Å²) < 4.78 is 5.44. The summed E-state index contributed by atoms with van der Waals surface area (Å²) in [5.74, 6) is 0.284. The van der Waals surface area contributed by atoms with Gasteiger partial charge >= 0.3 is 0 Å². The Morgan fingerprint density at radius 1 is 0.912 bits per heavy atom. The van der Waals surface area contributed by atoms with E-state index in [-0.39, 0.29) is 11.8 Å². The van der Waals surface area contributed by atoms with E-state index < -0.39 is 0 Å². The highest BCUT2D eigenvalue weighted by Crippen LogP contribution is 2.29. The van der Waals surface area contributed by atoms with Gasteiger partial charge in [0.15, 0.2) is 0 Å². The van der Waals surface area contributed by atoms with E-state index in [0.29, 0.717) is 65.4 Å². The van der Waals surface area contributed by atoms with Crippen LogP contribution < -0.4 is 15.0 Å². The van der Waals surface area contributed by atoms with Gasteiger partial charge in [0, 0.05) is 42.3 Å². The lowest BCUT2D eigenvalue weighted by Gasteiger charge is -2.37. The molecule has 1 saturated heterocycles. The number of nitrogens with zero attached hydrogens (tertiary/aromatic N) is 2. The van der Waals surface area contributed by atoms with Crippen LogP contribution in [0.1, 0.15) is 27.6 Å². The molecule has 0 saturated carbocycles. The number of nitrogens with one attached hydrogen (secondary N) is 1. The number of carbonyl (C=O) groups excluding carboxylic acids is 2. The molecule has 1 fully saturated rings. The molecule has 0 atom stereocenters. The first kappa shape index (κ1) is 23.9. The topological polar surface area (TPSA) is 61.9 Å². The Morgan fingerprint density at radius 2 is 1.59 bits per heavy atom. The average Bonchev–Trinajstić information content (AvgIpc) is 2.86. The minimum absolute atomic E-state index is 0.00900. The van der Waals surface area contributed by atoms with E-state index in [1.54, 1.807) is 42.5 Å². The quantitative estimate of drug-likeness (QED) is 0.480. The predicted octanol–water partition coefficient (Wildman–Crippen LogP) is 5.61. The summed E-state index contributed by atoms with van der Waals surface area (Å²) in [5.41, 5.74) is 2.68.